The predicted octanol–water partition coefficient (Wildman–Crippen LogP) is 2.56. The summed E-state index contributed by atoms with van der Waals surface area (Å²) in [5, 5.41) is 15.1. The molecular formula is C11H19NOS. The zero-order valence-electron chi connectivity index (χ0n) is 8.86. The fourth-order valence-electron chi connectivity index (χ4n) is 1.31. The van der Waals surface area contributed by atoms with Crippen LogP contribution in [-0.4, -0.2) is 17.7 Å². The molecule has 0 radical (unpaired) electrons. The number of hydrogen-bond acceptors (Lipinski definition) is 3. The van der Waals surface area contributed by atoms with Crippen LogP contribution in [-0.2, 0) is 0 Å². The van der Waals surface area contributed by atoms with Crippen molar-refractivity contribution in [2.24, 2.45) is 0 Å². The van der Waals surface area contributed by atoms with Gasteiger partial charge in [-0.25, -0.2) is 0 Å². The number of thiophene rings is 1. The summed E-state index contributed by atoms with van der Waals surface area (Å²) in [7, 11) is 0. The van der Waals surface area contributed by atoms with Gasteiger partial charge in [0.25, 0.3) is 0 Å². The summed E-state index contributed by atoms with van der Waals surface area (Å²) in [6.07, 6.45) is 1.60. The number of nitrogens with one attached hydrogen (secondary N) is 1. The fraction of sp³-hybridized carbons (Fsp3) is 0.636. The third-order valence-corrected chi connectivity index (χ3v) is 3.05. The molecule has 0 aliphatic rings. The van der Waals surface area contributed by atoms with Gasteiger partial charge in [0.2, 0.25) is 0 Å². The molecule has 80 valence electrons. The van der Waals surface area contributed by atoms with E-state index in [-0.39, 0.29) is 6.10 Å². The topological polar surface area (TPSA) is 32.3 Å². The monoisotopic (exact) mass is 213 g/mol. The molecule has 1 heterocycles. The zero-order chi connectivity index (χ0) is 10.4. The van der Waals surface area contributed by atoms with Crippen molar-refractivity contribution < 1.29 is 5.11 Å². The molecule has 1 aromatic heterocycles. The zero-order valence-corrected chi connectivity index (χ0v) is 9.68. The van der Waals surface area contributed by atoms with Crippen molar-refractivity contribution in [1.82, 2.24) is 5.32 Å². The van der Waals surface area contributed by atoms with E-state index in [1.54, 1.807) is 11.3 Å². The smallest absolute Gasteiger partial charge is 0.0882 e. The van der Waals surface area contributed by atoms with Gasteiger partial charge in [0.1, 0.15) is 0 Å². The number of rotatable bonds is 6. The molecule has 0 saturated heterocycles. The third kappa shape index (κ3) is 4.22. The molecular weight excluding hydrogens is 194 g/mol. The lowest BCUT2D eigenvalue weighted by molar-refractivity contribution is 0.168. The molecule has 1 atom stereocenters. The first-order valence-corrected chi connectivity index (χ1v) is 6.03. The van der Waals surface area contributed by atoms with Gasteiger partial charge >= 0.3 is 0 Å². The van der Waals surface area contributed by atoms with Crippen LogP contribution in [0.2, 0.25) is 0 Å². The Balaban J connectivity index is 2.13. The van der Waals surface area contributed by atoms with Gasteiger partial charge in [0, 0.05) is 10.9 Å². The molecule has 0 saturated carbocycles. The maximum atomic E-state index is 9.76. The molecule has 0 aliphatic carbocycles. The van der Waals surface area contributed by atoms with Gasteiger partial charge in [0.05, 0.1) is 6.10 Å². The van der Waals surface area contributed by atoms with Gasteiger partial charge in [0.15, 0.2) is 0 Å². The largest absolute Gasteiger partial charge is 0.388 e. The second kappa shape index (κ2) is 6.17. The summed E-state index contributed by atoms with van der Waals surface area (Å²) in [4.78, 5) is 1.08. The number of hydrogen-bond donors (Lipinski definition) is 2. The molecule has 3 heteroatoms. The highest BCUT2D eigenvalue weighted by Crippen LogP contribution is 2.22. The molecule has 1 rings (SSSR count). The standard InChI is InChI=1S/C11H19NOS/c1-9(2)12-7-3-5-10(13)11-6-4-8-14-11/h4,6,8-10,12-13H,3,5,7H2,1-2H3/t10-/m0/s1. The molecule has 0 spiro atoms. The first-order valence-electron chi connectivity index (χ1n) is 5.15. The lowest BCUT2D eigenvalue weighted by Gasteiger charge is -2.10. The van der Waals surface area contributed by atoms with Gasteiger partial charge in [-0.1, -0.05) is 19.9 Å². The highest BCUT2D eigenvalue weighted by Gasteiger charge is 2.07. The fourth-order valence-corrected chi connectivity index (χ4v) is 2.06. The lowest BCUT2D eigenvalue weighted by Crippen LogP contribution is -2.23. The van der Waals surface area contributed by atoms with Crippen LogP contribution >= 0.6 is 11.3 Å². The minimum Gasteiger partial charge on any atom is -0.388 e. The van der Waals surface area contributed by atoms with Crippen molar-refractivity contribution in [3.8, 4) is 0 Å². The average molecular weight is 213 g/mol. The van der Waals surface area contributed by atoms with Gasteiger partial charge < -0.3 is 10.4 Å². The van der Waals surface area contributed by atoms with Crippen molar-refractivity contribution >= 4 is 11.3 Å². The van der Waals surface area contributed by atoms with Crippen LogP contribution < -0.4 is 5.32 Å². The quantitative estimate of drug-likeness (QED) is 0.712. The third-order valence-electron chi connectivity index (χ3n) is 2.08. The summed E-state index contributed by atoms with van der Waals surface area (Å²) in [5.41, 5.74) is 0. The van der Waals surface area contributed by atoms with Crippen molar-refractivity contribution in [3.05, 3.63) is 22.4 Å². The van der Waals surface area contributed by atoms with E-state index in [0.717, 1.165) is 24.3 Å². The predicted molar refractivity (Wildman–Crippen MR) is 61.7 cm³/mol. The molecule has 1 aromatic rings. The first-order chi connectivity index (χ1) is 6.70. The highest BCUT2D eigenvalue weighted by molar-refractivity contribution is 7.10. The summed E-state index contributed by atoms with van der Waals surface area (Å²) in [6.45, 7) is 5.26. The molecule has 2 nitrogen and oxygen atoms in total. The van der Waals surface area contributed by atoms with E-state index < -0.39 is 0 Å². The van der Waals surface area contributed by atoms with Crippen LogP contribution in [0.3, 0.4) is 0 Å². The van der Waals surface area contributed by atoms with Gasteiger partial charge in [-0.15, -0.1) is 11.3 Å². The summed E-state index contributed by atoms with van der Waals surface area (Å²) >= 11 is 1.62. The van der Waals surface area contributed by atoms with Crippen molar-refractivity contribution in [2.75, 3.05) is 6.54 Å². The van der Waals surface area contributed by atoms with E-state index in [1.165, 1.54) is 0 Å². The van der Waals surface area contributed by atoms with E-state index in [1.807, 2.05) is 17.5 Å². The Labute approximate surface area is 90.0 Å². The molecule has 0 unspecified atom stereocenters. The normalized spacial score (nSPS) is 13.4. The van der Waals surface area contributed by atoms with E-state index in [2.05, 4.69) is 19.2 Å². The van der Waals surface area contributed by atoms with Crippen LogP contribution in [0, 0.1) is 0 Å². The molecule has 14 heavy (non-hydrogen) atoms. The highest BCUT2D eigenvalue weighted by atomic mass is 32.1. The first kappa shape index (κ1) is 11.7. The van der Waals surface area contributed by atoms with Gasteiger partial charge in [-0.05, 0) is 30.8 Å². The molecule has 0 fully saturated rings. The molecule has 0 amide bonds. The summed E-state index contributed by atoms with van der Waals surface area (Å²) in [5.74, 6) is 0. The summed E-state index contributed by atoms with van der Waals surface area (Å²) in [6, 6.07) is 4.51. The average Bonchev–Trinajstić information content (AvgIpc) is 2.64. The lowest BCUT2D eigenvalue weighted by atomic mass is 10.1. The Morgan fingerprint density at radius 1 is 1.50 bits per heavy atom. The SMILES string of the molecule is CC(C)NCCC[C@H](O)c1cccs1. The Morgan fingerprint density at radius 3 is 2.86 bits per heavy atom. The van der Waals surface area contributed by atoms with Crippen molar-refractivity contribution in [1.29, 1.82) is 0 Å². The van der Waals surface area contributed by atoms with Crippen LogP contribution in [0.25, 0.3) is 0 Å². The molecule has 0 aromatic carbocycles. The maximum absolute atomic E-state index is 9.76. The molecule has 0 bridgehead atoms. The van der Waals surface area contributed by atoms with E-state index in [0.29, 0.717) is 6.04 Å². The van der Waals surface area contributed by atoms with Gasteiger partial charge in [-0.2, -0.15) is 0 Å². The Bertz CT molecular complexity index is 233. The van der Waals surface area contributed by atoms with Gasteiger partial charge in [-0.3, -0.25) is 0 Å². The van der Waals surface area contributed by atoms with E-state index in [9.17, 15) is 5.11 Å². The summed E-state index contributed by atoms with van der Waals surface area (Å²) < 4.78 is 0. The van der Waals surface area contributed by atoms with Crippen molar-refractivity contribution in [3.63, 3.8) is 0 Å². The number of aliphatic hydroxyl groups excluding tert-OH is 1. The second-order valence-corrected chi connectivity index (χ2v) is 4.76. The maximum Gasteiger partial charge on any atom is 0.0882 e. The minimum absolute atomic E-state index is 0.274. The van der Waals surface area contributed by atoms with E-state index in [4.69, 9.17) is 0 Å². The van der Waals surface area contributed by atoms with Crippen LogP contribution in [0.5, 0.6) is 0 Å². The Morgan fingerprint density at radius 2 is 2.29 bits per heavy atom. The van der Waals surface area contributed by atoms with E-state index >= 15 is 0 Å². The second-order valence-electron chi connectivity index (χ2n) is 3.78. The Hall–Kier alpha value is -0.380. The Kier molecular flexibility index (Phi) is 5.15. The van der Waals surface area contributed by atoms with Crippen LogP contribution in [0.15, 0.2) is 17.5 Å². The minimum atomic E-state index is -0.274. The van der Waals surface area contributed by atoms with Crippen LogP contribution in [0.1, 0.15) is 37.7 Å². The molecule has 0 aliphatic heterocycles. The van der Waals surface area contributed by atoms with Crippen molar-refractivity contribution in [2.45, 2.75) is 38.8 Å². The molecule has 2 N–H and O–H groups in total. The number of aliphatic hydroxyl groups is 1. The van der Waals surface area contributed by atoms with Crippen LogP contribution in [0.4, 0.5) is 0 Å².